The van der Waals surface area contributed by atoms with Gasteiger partial charge in [-0.3, -0.25) is 9.59 Å². The van der Waals surface area contributed by atoms with E-state index in [1.54, 1.807) is 30.3 Å². The molecule has 0 aliphatic carbocycles. The van der Waals surface area contributed by atoms with Crippen molar-refractivity contribution in [3.63, 3.8) is 0 Å². The van der Waals surface area contributed by atoms with Crippen LogP contribution in [0.3, 0.4) is 0 Å². The number of nitrogens with zero attached hydrogens (tertiary/aromatic N) is 1. The molecule has 2 aromatic rings. The molecule has 0 saturated heterocycles. The summed E-state index contributed by atoms with van der Waals surface area (Å²) in [6.07, 6.45) is 0. The SMILES string of the molecule is CCN(CC)CCNC(=O)c1ccc(NC(=O)COc2cccc(F)c2)cc1. The van der Waals surface area contributed by atoms with Gasteiger partial charge in [-0.25, -0.2) is 4.39 Å². The van der Waals surface area contributed by atoms with Crippen molar-refractivity contribution in [3.05, 3.63) is 59.9 Å². The first-order valence-corrected chi connectivity index (χ1v) is 9.30. The Morgan fingerprint density at radius 3 is 2.43 bits per heavy atom. The van der Waals surface area contributed by atoms with Crippen molar-refractivity contribution >= 4 is 17.5 Å². The molecule has 2 rings (SSSR count). The molecule has 0 heterocycles. The molecule has 0 unspecified atom stereocenters. The van der Waals surface area contributed by atoms with E-state index in [4.69, 9.17) is 4.74 Å². The van der Waals surface area contributed by atoms with Crippen LogP contribution < -0.4 is 15.4 Å². The second-order valence-corrected chi connectivity index (χ2v) is 6.15. The maximum atomic E-state index is 13.1. The maximum absolute atomic E-state index is 13.1. The Morgan fingerprint density at radius 1 is 1.07 bits per heavy atom. The van der Waals surface area contributed by atoms with Gasteiger partial charge < -0.3 is 20.3 Å². The topological polar surface area (TPSA) is 70.7 Å². The number of carbonyl (C=O) groups is 2. The molecule has 0 spiro atoms. The van der Waals surface area contributed by atoms with Gasteiger partial charge >= 0.3 is 0 Å². The lowest BCUT2D eigenvalue weighted by atomic mass is 10.2. The third-order valence-corrected chi connectivity index (χ3v) is 4.20. The summed E-state index contributed by atoms with van der Waals surface area (Å²) in [7, 11) is 0. The summed E-state index contributed by atoms with van der Waals surface area (Å²) in [5.41, 5.74) is 1.07. The van der Waals surface area contributed by atoms with E-state index in [2.05, 4.69) is 29.4 Å². The highest BCUT2D eigenvalue weighted by atomic mass is 19.1. The van der Waals surface area contributed by atoms with Gasteiger partial charge in [-0.1, -0.05) is 19.9 Å². The molecule has 150 valence electrons. The Balaban J connectivity index is 1.78. The summed E-state index contributed by atoms with van der Waals surface area (Å²) >= 11 is 0. The summed E-state index contributed by atoms with van der Waals surface area (Å²) in [5, 5.41) is 5.55. The lowest BCUT2D eigenvalue weighted by molar-refractivity contribution is -0.118. The number of benzene rings is 2. The molecule has 0 saturated carbocycles. The van der Waals surface area contributed by atoms with Gasteiger partial charge in [0, 0.05) is 30.4 Å². The number of amides is 2. The van der Waals surface area contributed by atoms with Crippen molar-refractivity contribution in [2.45, 2.75) is 13.8 Å². The van der Waals surface area contributed by atoms with E-state index in [9.17, 15) is 14.0 Å². The van der Waals surface area contributed by atoms with E-state index < -0.39 is 5.82 Å². The van der Waals surface area contributed by atoms with Gasteiger partial charge in [-0.15, -0.1) is 0 Å². The van der Waals surface area contributed by atoms with Crippen LogP contribution in [0.4, 0.5) is 10.1 Å². The van der Waals surface area contributed by atoms with Gasteiger partial charge in [0.2, 0.25) is 0 Å². The Labute approximate surface area is 164 Å². The van der Waals surface area contributed by atoms with Gasteiger partial charge in [0.15, 0.2) is 6.61 Å². The average Bonchev–Trinajstić information content (AvgIpc) is 2.70. The fourth-order valence-corrected chi connectivity index (χ4v) is 2.58. The largest absolute Gasteiger partial charge is 0.484 e. The second-order valence-electron chi connectivity index (χ2n) is 6.15. The molecule has 2 N–H and O–H groups in total. The van der Waals surface area contributed by atoms with Crippen LogP contribution in [0.5, 0.6) is 5.75 Å². The van der Waals surface area contributed by atoms with Crippen molar-refractivity contribution in [1.29, 1.82) is 0 Å². The second kappa shape index (κ2) is 11.0. The number of halogens is 1. The zero-order valence-electron chi connectivity index (χ0n) is 16.2. The summed E-state index contributed by atoms with van der Waals surface area (Å²) < 4.78 is 18.3. The van der Waals surface area contributed by atoms with E-state index in [1.165, 1.54) is 18.2 Å². The first-order chi connectivity index (χ1) is 13.5. The molecule has 0 aromatic heterocycles. The highest BCUT2D eigenvalue weighted by Gasteiger charge is 2.08. The predicted octanol–water partition coefficient (Wildman–Crippen LogP) is 2.91. The van der Waals surface area contributed by atoms with E-state index in [0.717, 1.165) is 19.6 Å². The zero-order chi connectivity index (χ0) is 20.4. The fourth-order valence-electron chi connectivity index (χ4n) is 2.58. The molecule has 0 bridgehead atoms. The number of nitrogens with one attached hydrogen (secondary N) is 2. The number of anilines is 1. The van der Waals surface area contributed by atoms with Gasteiger partial charge in [-0.2, -0.15) is 0 Å². The van der Waals surface area contributed by atoms with Crippen molar-refractivity contribution < 1.29 is 18.7 Å². The van der Waals surface area contributed by atoms with Crippen molar-refractivity contribution in [1.82, 2.24) is 10.2 Å². The molecule has 0 aliphatic rings. The first-order valence-electron chi connectivity index (χ1n) is 9.30. The van der Waals surface area contributed by atoms with Crippen LogP contribution in [0.15, 0.2) is 48.5 Å². The monoisotopic (exact) mass is 387 g/mol. The molecule has 2 amide bonds. The van der Waals surface area contributed by atoms with Gasteiger partial charge in [0.25, 0.3) is 11.8 Å². The summed E-state index contributed by atoms with van der Waals surface area (Å²) in [6, 6.07) is 12.2. The van der Waals surface area contributed by atoms with Crippen LogP contribution in [0, 0.1) is 5.82 Å². The standard InChI is InChI=1S/C21H26FN3O3/c1-3-25(4-2)13-12-23-21(27)16-8-10-18(11-9-16)24-20(26)15-28-19-7-5-6-17(22)14-19/h5-11,14H,3-4,12-13,15H2,1-2H3,(H,23,27)(H,24,26). The van der Waals surface area contributed by atoms with Gasteiger partial charge in [0.1, 0.15) is 11.6 Å². The lowest BCUT2D eigenvalue weighted by Gasteiger charge is -2.18. The smallest absolute Gasteiger partial charge is 0.262 e. The minimum atomic E-state index is -0.427. The van der Waals surface area contributed by atoms with Crippen LogP contribution in [0.2, 0.25) is 0 Å². The van der Waals surface area contributed by atoms with E-state index in [-0.39, 0.29) is 24.2 Å². The van der Waals surface area contributed by atoms with Crippen LogP contribution in [-0.4, -0.2) is 49.5 Å². The number of likely N-dealkylation sites (N-methyl/N-ethyl adjacent to an activating group) is 1. The van der Waals surface area contributed by atoms with E-state index in [0.29, 0.717) is 17.8 Å². The molecule has 0 radical (unpaired) electrons. The highest BCUT2D eigenvalue weighted by molar-refractivity contribution is 5.96. The summed E-state index contributed by atoms with van der Waals surface area (Å²) in [4.78, 5) is 26.3. The Hall–Kier alpha value is -2.93. The number of ether oxygens (including phenoxy) is 1. The van der Waals surface area contributed by atoms with Gasteiger partial charge in [-0.05, 0) is 49.5 Å². The normalized spacial score (nSPS) is 10.6. The molecule has 0 atom stereocenters. The van der Waals surface area contributed by atoms with Crippen molar-refractivity contribution in [2.24, 2.45) is 0 Å². The third-order valence-electron chi connectivity index (χ3n) is 4.20. The molecule has 0 fully saturated rings. The van der Waals surface area contributed by atoms with E-state index in [1.807, 2.05) is 0 Å². The first kappa shape index (κ1) is 21.4. The Kier molecular flexibility index (Phi) is 8.42. The van der Waals surface area contributed by atoms with Crippen molar-refractivity contribution in [3.8, 4) is 5.75 Å². The highest BCUT2D eigenvalue weighted by Crippen LogP contribution is 2.13. The molecule has 28 heavy (non-hydrogen) atoms. The maximum Gasteiger partial charge on any atom is 0.262 e. The number of carbonyl (C=O) groups excluding carboxylic acids is 2. The number of hydrogen-bond acceptors (Lipinski definition) is 4. The minimum Gasteiger partial charge on any atom is -0.484 e. The van der Waals surface area contributed by atoms with Crippen LogP contribution >= 0.6 is 0 Å². The predicted molar refractivity (Wildman–Crippen MR) is 107 cm³/mol. The lowest BCUT2D eigenvalue weighted by Crippen LogP contribution is -2.34. The number of rotatable bonds is 10. The van der Waals surface area contributed by atoms with Crippen molar-refractivity contribution in [2.75, 3.05) is 38.1 Å². The molecule has 7 heteroatoms. The molecule has 0 aliphatic heterocycles. The molecular weight excluding hydrogens is 361 g/mol. The van der Waals surface area contributed by atoms with Crippen LogP contribution in [0.1, 0.15) is 24.2 Å². The molecular formula is C21H26FN3O3. The fraction of sp³-hybridized carbons (Fsp3) is 0.333. The number of hydrogen-bond donors (Lipinski definition) is 2. The van der Waals surface area contributed by atoms with Gasteiger partial charge in [0.05, 0.1) is 0 Å². The van der Waals surface area contributed by atoms with E-state index >= 15 is 0 Å². The molecule has 6 nitrogen and oxygen atoms in total. The van der Waals surface area contributed by atoms with Crippen LogP contribution in [0.25, 0.3) is 0 Å². The summed E-state index contributed by atoms with van der Waals surface area (Å²) in [6.45, 7) is 7.21. The summed E-state index contributed by atoms with van der Waals surface area (Å²) in [5.74, 6) is -0.670. The quantitative estimate of drug-likeness (QED) is 0.658. The average molecular weight is 387 g/mol. The third kappa shape index (κ3) is 7.00. The minimum absolute atomic E-state index is 0.153. The Morgan fingerprint density at radius 2 is 1.79 bits per heavy atom. The molecule has 2 aromatic carbocycles. The van der Waals surface area contributed by atoms with Crippen LogP contribution in [-0.2, 0) is 4.79 Å². The Bertz CT molecular complexity index is 777. The zero-order valence-corrected chi connectivity index (χ0v) is 16.2.